The smallest absolute Gasteiger partial charge is 0.289 e. The fourth-order valence-electron chi connectivity index (χ4n) is 2.81. The van der Waals surface area contributed by atoms with Crippen LogP contribution in [0.2, 0.25) is 0 Å². The molecule has 0 bridgehead atoms. The molecule has 0 aliphatic rings. The number of alkyl halides is 3. The van der Waals surface area contributed by atoms with Crippen LogP contribution in [-0.2, 0) is 6.18 Å². The second-order valence-electron chi connectivity index (χ2n) is 5.44. The molecule has 4 heteroatoms. The zero-order valence-electron chi connectivity index (χ0n) is 12.9. The Morgan fingerprint density at radius 2 is 1.27 bits per heavy atom. The molecule has 0 aliphatic carbocycles. The summed E-state index contributed by atoms with van der Waals surface area (Å²) in [6.45, 7) is 6.00. The normalized spacial score (nSPS) is 11.6. The molecule has 2 aromatic carbocycles. The van der Waals surface area contributed by atoms with Crippen LogP contribution in [-0.4, -0.2) is 5.78 Å². The van der Waals surface area contributed by atoms with Crippen molar-refractivity contribution in [3.8, 4) is 0 Å². The lowest BCUT2D eigenvalue weighted by Gasteiger charge is -2.21. The van der Waals surface area contributed by atoms with Gasteiger partial charge in [-0.2, -0.15) is 13.2 Å². The number of rotatable bonds is 2. The number of carbonyl (C=O) groups excluding carboxylic acids is 1. The Bertz CT molecular complexity index is 699. The van der Waals surface area contributed by atoms with Crippen molar-refractivity contribution < 1.29 is 18.0 Å². The zero-order valence-corrected chi connectivity index (χ0v) is 12.9. The molecule has 22 heavy (non-hydrogen) atoms. The summed E-state index contributed by atoms with van der Waals surface area (Å²) in [5, 5.41) is 0. The molecule has 2 aromatic rings. The van der Waals surface area contributed by atoms with E-state index >= 15 is 0 Å². The van der Waals surface area contributed by atoms with Crippen LogP contribution in [0.3, 0.4) is 0 Å². The highest BCUT2D eigenvalue weighted by atomic mass is 19.4. The number of halogens is 3. The lowest BCUT2D eigenvalue weighted by Crippen LogP contribution is -2.17. The molecule has 0 radical (unpaired) electrons. The predicted molar refractivity (Wildman–Crippen MR) is 80.3 cm³/mol. The average molecular weight is 306 g/mol. The van der Waals surface area contributed by atoms with E-state index in [9.17, 15) is 18.0 Å². The van der Waals surface area contributed by atoms with E-state index in [4.69, 9.17) is 0 Å². The Kier molecular flexibility index (Phi) is 4.14. The largest absolute Gasteiger partial charge is 0.416 e. The second-order valence-corrected chi connectivity index (χ2v) is 5.44. The van der Waals surface area contributed by atoms with Crippen molar-refractivity contribution in [1.29, 1.82) is 0 Å². The van der Waals surface area contributed by atoms with Gasteiger partial charge in [0, 0.05) is 11.1 Å². The first-order valence-corrected chi connectivity index (χ1v) is 6.93. The van der Waals surface area contributed by atoms with Crippen LogP contribution in [0, 0.1) is 27.7 Å². The highest BCUT2D eigenvalue weighted by molar-refractivity contribution is 6.11. The summed E-state index contributed by atoms with van der Waals surface area (Å²) < 4.78 is 39.7. The molecule has 0 spiro atoms. The van der Waals surface area contributed by atoms with Gasteiger partial charge in [-0.25, -0.2) is 0 Å². The Morgan fingerprint density at radius 1 is 0.818 bits per heavy atom. The molecule has 1 nitrogen and oxygen atoms in total. The standard InChI is InChI=1S/C18H17F3O/c1-10-12(3)16(18(19,20)21)13(4)11(2)15(10)17(22)14-8-6-5-7-9-14/h5-9H,1-4H3. The molecule has 0 amide bonds. The van der Waals surface area contributed by atoms with Crippen molar-refractivity contribution in [2.24, 2.45) is 0 Å². The van der Waals surface area contributed by atoms with Crippen LogP contribution < -0.4 is 0 Å². The lowest BCUT2D eigenvalue weighted by atomic mass is 9.85. The van der Waals surface area contributed by atoms with Gasteiger partial charge in [0.05, 0.1) is 5.56 Å². The van der Waals surface area contributed by atoms with Gasteiger partial charge in [0.25, 0.3) is 0 Å². The van der Waals surface area contributed by atoms with Crippen molar-refractivity contribution in [1.82, 2.24) is 0 Å². The summed E-state index contributed by atoms with van der Waals surface area (Å²) in [6, 6.07) is 8.61. The fourth-order valence-corrected chi connectivity index (χ4v) is 2.81. The van der Waals surface area contributed by atoms with E-state index in [1.165, 1.54) is 13.8 Å². The van der Waals surface area contributed by atoms with Gasteiger partial charge in [-0.05, 0) is 49.9 Å². The number of hydrogen-bond acceptors (Lipinski definition) is 1. The molecule has 0 N–H and O–H groups in total. The maximum atomic E-state index is 13.2. The molecule has 0 fully saturated rings. The maximum absolute atomic E-state index is 13.2. The second kappa shape index (κ2) is 5.59. The van der Waals surface area contributed by atoms with Gasteiger partial charge >= 0.3 is 6.18 Å². The van der Waals surface area contributed by atoms with E-state index in [1.54, 1.807) is 44.2 Å². The maximum Gasteiger partial charge on any atom is 0.416 e. The van der Waals surface area contributed by atoms with Crippen LogP contribution in [0.25, 0.3) is 0 Å². The van der Waals surface area contributed by atoms with Gasteiger partial charge in [0.1, 0.15) is 0 Å². The van der Waals surface area contributed by atoms with Crippen molar-refractivity contribution in [2.75, 3.05) is 0 Å². The Hall–Kier alpha value is -2.10. The van der Waals surface area contributed by atoms with E-state index in [0.717, 1.165) is 0 Å². The van der Waals surface area contributed by atoms with Gasteiger partial charge in [-0.15, -0.1) is 0 Å². The van der Waals surface area contributed by atoms with Crippen molar-refractivity contribution in [3.63, 3.8) is 0 Å². The molecule has 0 saturated heterocycles. The summed E-state index contributed by atoms with van der Waals surface area (Å²) in [5.74, 6) is -0.240. The van der Waals surface area contributed by atoms with Crippen LogP contribution in [0.1, 0.15) is 43.7 Å². The Morgan fingerprint density at radius 3 is 1.68 bits per heavy atom. The van der Waals surface area contributed by atoms with Gasteiger partial charge < -0.3 is 0 Å². The number of carbonyl (C=O) groups is 1. The topological polar surface area (TPSA) is 17.1 Å². The monoisotopic (exact) mass is 306 g/mol. The van der Waals surface area contributed by atoms with Crippen molar-refractivity contribution >= 4 is 5.78 Å². The fraction of sp³-hybridized carbons (Fsp3) is 0.278. The summed E-state index contributed by atoms with van der Waals surface area (Å²) in [4.78, 5) is 12.7. The van der Waals surface area contributed by atoms with Crippen LogP contribution in [0.4, 0.5) is 13.2 Å². The van der Waals surface area contributed by atoms with Crippen LogP contribution >= 0.6 is 0 Å². The summed E-state index contributed by atoms with van der Waals surface area (Å²) in [5.41, 5.74) is 1.24. The highest BCUT2D eigenvalue weighted by Crippen LogP contribution is 2.39. The highest BCUT2D eigenvalue weighted by Gasteiger charge is 2.36. The minimum Gasteiger partial charge on any atom is -0.289 e. The van der Waals surface area contributed by atoms with Gasteiger partial charge in [-0.3, -0.25) is 4.79 Å². The number of benzene rings is 2. The Labute approximate surface area is 127 Å². The molecule has 2 rings (SSSR count). The third-order valence-electron chi connectivity index (χ3n) is 4.17. The SMILES string of the molecule is Cc1c(C)c(C(F)(F)F)c(C)c(C)c1C(=O)c1ccccc1. The predicted octanol–water partition coefficient (Wildman–Crippen LogP) is 5.17. The van der Waals surface area contributed by atoms with E-state index in [1.807, 2.05) is 0 Å². The number of ketones is 1. The molecule has 0 aromatic heterocycles. The van der Waals surface area contributed by atoms with Crippen LogP contribution in [0.5, 0.6) is 0 Å². The third kappa shape index (κ3) is 2.65. The zero-order chi connectivity index (χ0) is 16.7. The summed E-state index contributed by atoms with van der Waals surface area (Å²) in [7, 11) is 0. The van der Waals surface area contributed by atoms with E-state index < -0.39 is 11.7 Å². The summed E-state index contributed by atoms with van der Waals surface area (Å²) >= 11 is 0. The number of hydrogen-bond donors (Lipinski definition) is 0. The lowest BCUT2D eigenvalue weighted by molar-refractivity contribution is -0.138. The molecular weight excluding hydrogens is 289 g/mol. The van der Waals surface area contributed by atoms with Gasteiger partial charge in [0.15, 0.2) is 5.78 Å². The molecular formula is C18H17F3O. The Balaban J connectivity index is 2.73. The first-order valence-electron chi connectivity index (χ1n) is 6.93. The minimum absolute atomic E-state index is 0.120. The van der Waals surface area contributed by atoms with Crippen molar-refractivity contribution in [3.05, 3.63) is 69.3 Å². The van der Waals surface area contributed by atoms with E-state index in [2.05, 4.69) is 0 Å². The molecule has 0 saturated carbocycles. The van der Waals surface area contributed by atoms with Crippen LogP contribution in [0.15, 0.2) is 30.3 Å². The molecule has 116 valence electrons. The third-order valence-corrected chi connectivity index (χ3v) is 4.17. The van der Waals surface area contributed by atoms with E-state index in [0.29, 0.717) is 22.3 Å². The van der Waals surface area contributed by atoms with Gasteiger partial charge in [-0.1, -0.05) is 30.3 Å². The minimum atomic E-state index is -4.42. The molecule has 0 aliphatic heterocycles. The average Bonchev–Trinajstić information content (AvgIpc) is 2.45. The molecule has 0 atom stereocenters. The van der Waals surface area contributed by atoms with E-state index in [-0.39, 0.29) is 16.9 Å². The molecule has 0 unspecified atom stereocenters. The molecule has 0 heterocycles. The first kappa shape index (κ1) is 16.3. The summed E-state index contributed by atoms with van der Waals surface area (Å²) in [6.07, 6.45) is -4.42. The first-order chi connectivity index (χ1) is 10.2. The quantitative estimate of drug-likeness (QED) is 0.700. The van der Waals surface area contributed by atoms with Crippen molar-refractivity contribution in [2.45, 2.75) is 33.9 Å². The van der Waals surface area contributed by atoms with Gasteiger partial charge in [0.2, 0.25) is 0 Å².